The maximum atomic E-state index is 12.4. The highest BCUT2D eigenvalue weighted by Crippen LogP contribution is 2.17. The number of ether oxygens (including phenoxy) is 2. The van der Waals surface area contributed by atoms with E-state index in [1.54, 1.807) is 7.11 Å². The molecule has 1 saturated heterocycles. The van der Waals surface area contributed by atoms with E-state index in [1.165, 1.54) is 4.31 Å². The first-order valence-corrected chi connectivity index (χ1v) is 9.49. The van der Waals surface area contributed by atoms with E-state index in [4.69, 9.17) is 9.47 Å². The zero-order valence-corrected chi connectivity index (χ0v) is 16.0. The molecule has 138 valence electrons. The molecular weight excluding hydrogens is 352 g/mol. The Labute approximate surface area is 151 Å². The number of sulfonamides is 1. The van der Waals surface area contributed by atoms with Crippen LogP contribution >= 0.6 is 12.4 Å². The molecule has 0 spiro atoms. The summed E-state index contributed by atoms with van der Waals surface area (Å²) in [6, 6.07) is 7.70. The second-order valence-corrected chi connectivity index (χ2v) is 7.97. The van der Waals surface area contributed by atoms with Crippen LogP contribution in [0.3, 0.4) is 0 Å². The Kier molecular flexibility index (Phi) is 8.45. The van der Waals surface area contributed by atoms with Gasteiger partial charge in [-0.3, -0.25) is 0 Å². The van der Waals surface area contributed by atoms with Crippen LogP contribution in [-0.4, -0.2) is 57.4 Å². The van der Waals surface area contributed by atoms with Crippen LogP contribution in [0.4, 0.5) is 0 Å². The smallest absolute Gasteiger partial charge is 0.215 e. The van der Waals surface area contributed by atoms with Gasteiger partial charge in [0.25, 0.3) is 0 Å². The van der Waals surface area contributed by atoms with Crippen LogP contribution in [0.15, 0.2) is 24.3 Å². The van der Waals surface area contributed by atoms with Crippen molar-refractivity contribution in [3.05, 3.63) is 29.8 Å². The fourth-order valence-corrected chi connectivity index (χ4v) is 4.29. The third-order valence-electron chi connectivity index (χ3n) is 3.82. The van der Waals surface area contributed by atoms with E-state index in [0.29, 0.717) is 26.2 Å². The topological polar surface area (TPSA) is 67.9 Å². The average Bonchev–Trinajstić information content (AvgIpc) is 2.51. The van der Waals surface area contributed by atoms with Crippen LogP contribution in [-0.2, 0) is 21.3 Å². The van der Waals surface area contributed by atoms with Gasteiger partial charge in [0.1, 0.15) is 5.75 Å². The quantitative estimate of drug-likeness (QED) is 0.730. The number of nitrogens with one attached hydrogen (secondary N) is 1. The van der Waals surface area contributed by atoms with Crippen molar-refractivity contribution in [2.45, 2.75) is 32.6 Å². The van der Waals surface area contributed by atoms with Gasteiger partial charge in [0.15, 0.2) is 0 Å². The molecule has 2 unspecified atom stereocenters. The number of morpholine rings is 1. The van der Waals surface area contributed by atoms with Crippen molar-refractivity contribution in [1.82, 2.24) is 9.62 Å². The summed E-state index contributed by atoms with van der Waals surface area (Å²) in [5.74, 6) is 0.889. The van der Waals surface area contributed by atoms with E-state index in [1.807, 2.05) is 38.1 Å². The molecule has 1 aromatic rings. The van der Waals surface area contributed by atoms with Crippen molar-refractivity contribution in [2.75, 3.05) is 32.5 Å². The highest BCUT2D eigenvalue weighted by Gasteiger charge is 2.30. The third kappa shape index (κ3) is 5.89. The lowest BCUT2D eigenvalue weighted by atomic mass is 10.2. The number of benzene rings is 1. The van der Waals surface area contributed by atoms with E-state index in [9.17, 15) is 8.42 Å². The molecule has 6 nitrogen and oxygen atoms in total. The van der Waals surface area contributed by atoms with E-state index >= 15 is 0 Å². The van der Waals surface area contributed by atoms with Crippen LogP contribution < -0.4 is 10.1 Å². The molecule has 0 amide bonds. The Bertz CT molecular complexity index is 602. The summed E-state index contributed by atoms with van der Waals surface area (Å²) in [5.41, 5.74) is 1.01. The number of hydrogen-bond donors (Lipinski definition) is 1. The summed E-state index contributed by atoms with van der Waals surface area (Å²) in [5, 5.41) is 3.18. The van der Waals surface area contributed by atoms with Gasteiger partial charge in [-0.05, 0) is 19.9 Å². The van der Waals surface area contributed by atoms with Gasteiger partial charge >= 0.3 is 0 Å². The molecule has 1 fully saturated rings. The number of methoxy groups -OCH3 is 1. The van der Waals surface area contributed by atoms with Crippen LogP contribution in [0.25, 0.3) is 0 Å². The van der Waals surface area contributed by atoms with Crippen LogP contribution in [0.2, 0.25) is 0 Å². The molecule has 0 bridgehead atoms. The Morgan fingerprint density at radius 1 is 1.25 bits per heavy atom. The highest BCUT2D eigenvalue weighted by molar-refractivity contribution is 7.89. The second kappa shape index (κ2) is 9.58. The lowest BCUT2D eigenvalue weighted by Crippen LogP contribution is -2.49. The molecule has 1 N–H and O–H groups in total. The first kappa shape index (κ1) is 21.2. The fraction of sp³-hybridized carbons (Fsp3) is 0.625. The van der Waals surface area contributed by atoms with E-state index in [2.05, 4.69) is 5.32 Å². The summed E-state index contributed by atoms with van der Waals surface area (Å²) in [4.78, 5) is 0. The zero-order valence-electron chi connectivity index (χ0n) is 14.4. The van der Waals surface area contributed by atoms with Crippen molar-refractivity contribution in [2.24, 2.45) is 0 Å². The average molecular weight is 379 g/mol. The SMILES string of the molecule is COc1ccccc1CNCCS(=O)(=O)N1CC(C)OC(C)C1.Cl. The normalized spacial score (nSPS) is 22.0. The van der Waals surface area contributed by atoms with Crippen molar-refractivity contribution < 1.29 is 17.9 Å². The van der Waals surface area contributed by atoms with Gasteiger partial charge in [0.2, 0.25) is 10.0 Å². The summed E-state index contributed by atoms with van der Waals surface area (Å²) in [6.45, 7) is 5.64. The predicted octanol–water partition coefficient (Wildman–Crippen LogP) is 1.65. The van der Waals surface area contributed by atoms with Crippen molar-refractivity contribution in [1.29, 1.82) is 0 Å². The molecule has 8 heteroatoms. The standard InChI is InChI=1S/C16H26N2O4S.ClH/c1-13-11-18(12-14(2)22-13)23(19,20)9-8-17-10-15-6-4-5-7-16(15)21-3;/h4-7,13-14,17H,8-12H2,1-3H3;1H. The molecule has 0 aromatic heterocycles. The van der Waals surface area contributed by atoms with Crippen molar-refractivity contribution in [3.8, 4) is 5.75 Å². The minimum absolute atomic E-state index is 0. The minimum atomic E-state index is -3.26. The summed E-state index contributed by atoms with van der Waals surface area (Å²) in [6.07, 6.45) is -0.120. The Morgan fingerprint density at radius 2 is 1.88 bits per heavy atom. The van der Waals surface area contributed by atoms with Gasteiger partial charge in [-0.25, -0.2) is 8.42 Å². The maximum Gasteiger partial charge on any atom is 0.215 e. The zero-order chi connectivity index (χ0) is 16.9. The van der Waals surface area contributed by atoms with Gasteiger partial charge in [-0.2, -0.15) is 4.31 Å². The largest absolute Gasteiger partial charge is 0.496 e. The summed E-state index contributed by atoms with van der Waals surface area (Å²) >= 11 is 0. The van der Waals surface area contributed by atoms with Gasteiger partial charge < -0.3 is 14.8 Å². The van der Waals surface area contributed by atoms with Gasteiger partial charge in [0.05, 0.1) is 25.1 Å². The Morgan fingerprint density at radius 3 is 2.50 bits per heavy atom. The Hall–Kier alpha value is -0.860. The van der Waals surface area contributed by atoms with Crippen LogP contribution in [0.5, 0.6) is 5.75 Å². The van der Waals surface area contributed by atoms with E-state index in [0.717, 1.165) is 11.3 Å². The van der Waals surface area contributed by atoms with Gasteiger partial charge in [-0.1, -0.05) is 18.2 Å². The van der Waals surface area contributed by atoms with Crippen LogP contribution in [0.1, 0.15) is 19.4 Å². The predicted molar refractivity (Wildman–Crippen MR) is 97.3 cm³/mol. The minimum Gasteiger partial charge on any atom is -0.496 e. The highest BCUT2D eigenvalue weighted by atomic mass is 35.5. The monoisotopic (exact) mass is 378 g/mol. The van der Waals surface area contributed by atoms with Gasteiger partial charge in [0, 0.05) is 31.7 Å². The molecule has 2 atom stereocenters. The lowest BCUT2D eigenvalue weighted by Gasteiger charge is -2.34. The van der Waals surface area contributed by atoms with E-state index < -0.39 is 10.0 Å². The van der Waals surface area contributed by atoms with Crippen molar-refractivity contribution in [3.63, 3.8) is 0 Å². The third-order valence-corrected chi connectivity index (χ3v) is 5.63. The van der Waals surface area contributed by atoms with Gasteiger partial charge in [-0.15, -0.1) is 12.4 Å². The molecule has 1 aliphatic rings. The number of para-hydroxylation sites is 1. The molecule has 1 aliphatic heterocycles. The molecule has 0 saturated carbocycles. The lowest BCUT2D eigenvalue weighted by molar-refractivity contribution is -0.0440. The molecule has 24 heavy (non-hydrogen) atoms. The number of nitrogens with zero attached hydrogens (tertiary/aromatic N) is 1. The van der Waals surface area contributed by atoms with Crippen molar-refractivity contribution >= 4 is 22.4 Å². The molecule has 0 aliphatic carbocycles. The first-order valence-electron chi connectivity index (χ1n) is 7.88. The van der Waals surface area contributed by atoms with E-state index in [-0.39, 0.29) is 30.4 Å². The second-order valence-electron chi connectivity index (χ2n) is 5.88. The molecule has 2 rings (SSSR count). The fourth-order valence-electron chi connectivity index (χ4n) is 2.76. The summed E-state index contributed by atoms with van der Waals surface area (Å²) in [7, 11) is -1.63. The summed E-state index contributed by atoms with van der Waals surface area (Å²) < 4.78 is 37.2. The first-order chi connectivity index (χ1) is 10.9. The number of rotatable bonds is 7. The maximum absolute atomic E-state index is 12.4. The molecule has 0 radical (unpaired) electrons. The molecular formula is C16H27ClN2O4S. The Balaban J connectivity index is 0.00000288. The molecule has 1 heterocycles. The molecule has 1 aromatic carbocycles. The van der Waals surface area contributed by atoms with Crippen LogP contribution in [0, 0.1) is 0 Å². The number of hydrogen-bond acceptors (Lipinski definition) is 5. The number of halogens is 1.